The zero-order chi connectivity index (χ0) is 13.8. The second-order valence-corrected chi connectivity index (χ2v) is 5.33. The Morgan fingerprint density at radius 2 is 1.72 bits per heavy atom. The van der Waals surface area contributed by atoms with Gasteiger partial charge in [0.05, 0.1) is 24.9 Å². The first-order valence-corrected chi connectivity index (χ1v) is 6.50. The van der Waals surface area contributed by atoms with Gasteiger partial charge in [-0.15, -0.1) is 0 Å². The van der Waals surface area contributed by atoms with Gasteiger partial charge >= 0.3 is 0 Å². The summed E-state index contributed by atoms with van der Waals surface area (Å²) in [5.74, 6) is 1.43. The lowest BCUT2D eigenvalue weighted by Gasteiger charge is -2.41. The van der Waals surface area contributed by atoms with Gasteiger partial charge < -0.3 is 15.2 Å². The average Bonchev–Trinajstić information content (AvgIpc) is 2.35. The fourth-order valence-corrected chi connectivity index (χ4v) is 2.36. The number of benzene rings is 1. The van der Waals surface area contributed by atoms with Crippen molar-refractivity contribution < 1.29 is 9.84 Å². The number of anilines is 1. The van der Waals surface area contributed by atoms with E-state index in [9.17, 15) is 5.11 Å². The van der Waals surface area contributed by atoms with E-state index in [1.807, 2.05) is 24.3 Å². The van der Waals surface area contributed by atoms with E-state index in [1.54, 1.807) is 7.11 Å². The van der Waals surface area contributed by atoms with Gasteiger partial charge in [0.1, 0.15) is 5.75 Å². The molecule has 0 atom stereocenters. The van der Waals surface area contributed by atoms with Crippen molar-refractivity contribution in [2.45, 2.75) is 33.2 Å². The number of aliphatic hydroxyl groups excluding tert-OH is 1. The van der Waals surface area contributed by atoms with Gasteiger partial charge in [-0.25, -0.2) is 0 Å². The van der Waals surface area contributed by atoms with Crippen LogP contribution in [-0.2, 0) is 0 Å². The maximum absolute atomic E-state index is 9.84. The van der Waals surface area contributed by atoms with Gasteiger partial charge in [0.25, 0.3) is 0 Å². The maximum Gasteiger partial charge on any atom is 0.141 e. The molecule has 18 heavy (non-hydrogen) atoms. The summed E-state index contributed by atoms with van der Waals surface area (Å²) >= 11 is 0. The molecule has 0 aliphatic carbocycles. The van der Waals surface area contributed by atoms with Crippen LogP contribution in [0.5, 0.6) is 5.75 Å². The number of aliphatic hydroxyl groups is 1. The molecule has 0 spiro atoms. The standard InChI is InChI=1S/C15H25NO2/c1-11(2)15(10-17,12(3)4)16-13-8-6-7-9-14(13)18-5/h6-9,11-12,16-17H,10H2,1-5H3. The van der Waals surface area contributed by atoms with Crippen LogP contribution in [-0.4, -0.2) is 24.4 Å². The lowest BCUT2D eigenvalue weighted by molar-refractivity contribution is 0.130. The largest absolute Gasteiger partial charge is 0.495 e. The van der Waals surface area contributed by atoms with Crippen molar-refractivity contribution >= 4 is 5.69 Å². The molecule has 1 aromatic carbocycles. The highest BCUT2D eigenvalue weighted by Gasteiger charge is 2.37. The molecule has 0 fully saturated rings. The lowest BCUT2D eigenvalue weighted by atomic mass is 9.77. The Kier molecular flexibility index (Phi) is 5.03. The predicted molar refractivity (Wildman–Crippen MR) is 76.1 cm³/mol. The second-order valence-electron chi connectivity index (χ2n) is 5.33. The molecule has 0 aliphatic rings. The normalized spacial score (nSPS) is 12.0. The van der Waals surface area contributed by atoms with Gasteiger partial charge in [-0.05, 0) is 24.0 Å². The number of nitrogens with one attached hydrogen (secondary N) is 1. The molecule has 0 radical (unpaired) electrons. The number of methoxy groups -OCH3 is 1. The number of para-hydroxylation sites is 2. The van der Waals surface area contributed by atoms with E-state index in [-0.39, 0.29) is 12.1 Å². The Morgan fingerprint density at radius 1 is 1.17 bits per heavy atom. The molecule has 0 unspecified atom stereocenters. The molecule has 0 amide bonds. The van der Waals surface area contributed by atoms with Crippen LogP contribution in [0.4, 0.5) is 5.69 Å². The highest BCUT2D eigenvalue weighted by atomic mass is 16.5. The summed E-state index contributed by atoms with van der Waals surface area (Å²) in [6.45, 7) is 8.59. The maximum atomic E-state index is 9.84. The van der Waals surface area contributed by atoms with Gasteiger partial charge in [0, 0.05) is 0 Å². The van der Waals surface area contributed by atoms with Crippen LogP contribution in [0.2, 0.25) is 0 Å². The van der Waals surface area contributed by atoms with Crippen LogP contribution in [0.1, 0.15) is 27.7 Å². The highest BCUT2D eigenvalue weighted by Crippen LogP contribution is 2.34. The molecule has 0 bridgehead atoms. The van der Waals surface area contributed by atoms with Crippen molar-refractivity contribution in [2.24, 2.45) is 11.8 Å². The van der Waals surface area contributed by atoms with Gasteiger partial charge in [0.15, 0.2) is 0 Å². The second kappa shape index (κ2) is 6.10. The molecule has 0 saturated carbocycles. The van der Waals surface area contributed by atoms with Crippen molar-refractivity contribution in [3.05, 3.63) is 24.3 Å². The van der Waals surface area contributed by atoms with Gasteiger partial charge in [0.2, 0.25) is 0 Å². The van der Waals surface area contributed by atoms with E-state index in [2.05, 4.69) is 33.0 Å². The summed E-state index contributed by atoms with van der Waals surface area (Å²) in [5.41, 5.74) is 0.589. The first-order chi connectivity index (χ1) is 8.47. The van der Waals surface area contributed by atoms with Crippen molar-refractivity contribution in [1.82, 2.24) is 0 Å². The quantitative estimate of drug-likeness (QED) is 0.816. The van der Waals surface area contributed by atoms with Crippen molar-refractivity contribution in [3.8, 4) is 5.75 Å². The minimum absolute atomic E-state index is 0.0976. The first kappa shape index (κ1) is 14.8. The molecule has 3 nitrogen and oxygen atoms in total. The number of rotatable bonds is 6. The van der Waals surface area contributed by atoms with Crippen LogP contribution >= 0.6 is 0 Å². The Hall–Kier alpha value is -1.22. The van der Waals surface area contributed by atoms with Crippen LogP contribution in [0.3, 0.4) is 0 Å². The first-order valence-electron chi connectivity index (χ1n) is 6.50. The zero-order valence-corrected chi connectivity index (χ0v) is 12.0. The number of hydrogen-bond donors (Lipinski definition) is 2. The molecule has 1 aromatic rings. The van der Waals surface area contributed by atoms with Crippen LogP contribution in [0.15, 0.2) is 24.3 Å². The monoisotopic (exact) mass is 251 g/mol. The number of ether oxygens (including phenoxy) is 1. The third-order valence-electron chi connectivity index (χ3n) is 3.80. The van der Waals surface area contributed by atoms with Gasteiger partial charge in [-0.3, -0.25) is 0 Å². The highest BCUT2D eigenvalue weighted by molar-refractivity contribution is 5.58. The molecule has 0 aromatic heterocycles. The SMILES string of the molecule is COc1ccccc1NC(CO)(C(C)C)C(C)C. The van der Waals surface area contributed by atoms with Crippen molar-refractivity contribution in [3.63, 3.8) is 0 Å². The van der Waals surface area contributed by atoms with Crippen LogP contribution in [0.25, 0.3) is 0 Å². The number of hydrogen-bond acceptors (Lipinski definition) is 3. The molecular formula is C15H25NO2. The Balaban J connectivity index is 3.10. The summed E-state index contributed by atoms with van der Waals surface area (Å²) in [7, 11) is 1.66. The summed E-state index contributed by atoms with van der Waals surface area (Å²) in [6, 6.07) is 7.81. The third kappa shape index (κ3) is 2.78. The Morgan fingerprint density at radius 3 is 2.17 bits per heavy atom. The van der Waals surface area contributed by atoms with E-state index >= 15 is 0 Å². The fraction of sp³-hybridized carbons (Fsp3) is 0.600. The smallest absolute Gasteiger partial charge is 0.141 e. The Labute approximate surface area is 110 Å². The van der Waals surface area contributed by atoms with E-state index in [0.29, 0.717) is 11.8 Å². The van der Waals surface area contributed by atoms with Crippen LogP contribution < -0.4 is 10.1 Å². The lowest BCUT2D eigenvalue weighted by Crippen LogP contribution is -2.51. The predicted octanol–water partition coefficient (Wildman–Crippen LogP) is 3.15. The third-order valence-corrected chi connectivity index (χ3v) is 3.80. The van der Waals surface area contributed by atoms with Gasteiger partial charge in [-0.1, -0.05) is 39.8 Å². The summed E-state index contributed by atoms with van der Waals surface area (Å²) < 4.78 is 5.35. The summed E-state index contributed by atoms with van der Waals surface area (Å²) in [4.78, 5) is 0. The molecular weight excluding hydrogens is 226 g/mol. The van der Waals surface area contributed by atoms with Crippen molar-refractivity contribution in [2.75, 3.05) is 19.0 Å². The van der Waals surface area contributed by atoms with E-state index < -0.39 is 0 Å². The fourth-order valence-electron chi connectivity index (χ4n) is 2.36. The van der Waals surface area contributed by atoms with E-state index in [0.717, 1.165) is 11.4 Å². The Bertz CT molecular complexity index is 367. The minimum atomic E-state index is -0.339. The van der Waals surface area contributed by atoms with Crippen LogP contribution in [0, 0.1) is 11.8 Å². The summed E-state index contributed by atoms with van der Waals surface area (Å²) in [5, 5.41) is 13.3. The molecule has 0 saturated heterocycles. The van der Waals surface area contributed by atoms with E-state index in [1.165, 1.54) is 0 Å². The molecule has 3 heteroatoms. The summed E-state index contributed by atoms with van der Waals surface area (Å²) in [6.07, 6.45) is 0. The van der Waals surface area contributed by atoms with Crippen molar-refractivity contribution in [1.29, 1.82) is 0 Å². The molecule has 1 rings (SSSR count). The van der Waals surface area contributed by atoms with Gasteiger partial charge in [-0.2, -0.15) is 0 Å². The molecule has 2 N–H and O–H groups in total. The average molecular weight is 251 g/mol. The topological polar surface area (TPSA) is 41.5 Å². The molecule has 0 aliphatic heterocycles. The molecule has 0 heterocycles. The zero-order valence-electron chi connectivity index (χ0n) is 12.0. The minimum Gasteiger partial charge on any atom is -0.495 e. The van der Waals surface area contributed by atoms with E-state index in [4.69, 9.17) is 4.74 Å². The molecule has 102 valence electrons.